The van der Waals surface area contributed by atoms with Crippen molar-refractivity contribution in [2.45, 2.75) is 19.5 Å². The van der Waals surface area contributed by atoms with E-state index in [4.69, 9.17) is 4.98 Å². The van der Waals surface area contributed by atoms with E-state index < -0.39 is 0 Å². The molecule has 0 unspecified atom stereocenters. The summed E-state index contributed by atoms with van der Waals surface area (Å²) in [4.78, 5) is 22.3. The van der Waals surface area contributed by atoms with E-state index in [9.17, 15) is 10.1 Å². The summed E-state index contributed by atoms with van der Waals surface area (Å²) in [5, 5.41) is 9.28. The zero-order valence-corrected chi connectivity index (χ0v) is 14.3. The van der Waals surface area contributed by atoms with Crippen LogP contribution in [0.3, 0.4) is 0 Å². The molecule has 0 spiro atoms. The van der Waals surface area contributed by atoms with Gasteiger partial charge in [-0.25, -0.2) is 4.98 Å². The second-order valence-electron chi connectivity index (χ2n) is 6.44. The molecule has 0 saturated heterocycles. The zero-order valence-electron chi connectivity index (χ0n) is 14.3. The predicted octanol–water partition coefficient (Wildman–Crippen LogP) is 2.87. The average Bonchev–Trinajstić information content (AvgIpc) is 2.69. The maximum absolute atomic E-state index is 12.5. The summed E-state index contributed by atoms with van der Waals surface area (Å²) in [6.07, 6.45) is 0.668. The van der Waals surface area contributed by atoms with E-state index in [0.29, 0.717) is 30.9 Å². The van der Waals surface area contributed by atoms with Gasteiger partial charge < -0.3 is 4.98 Å². The molecule has 0 amide bonds. The van der Waals surface area contributed by atoms with Crippen LogP contribution < -0.4 is 5.56 Å². The minimum Gasteiger partial charge on any atom is -0.306 e. The molecule has 0 saturated carbocycles. The maximum atomic E-state index is 12.5. The van der Waals surface area contributed by atoms with Crippen molar-refractivity contribution in [1.29, 1.82) is 5.26 Å². The van der Waals surface area contributed by atoms with E-state index in [-0.39, 0.29) is 5.56 Å². The number of H-pyrrole nitrogens is 1. The summed E-state index contributed by atoms with van der Waals surface area (Å²) in [6, 6.07) is 19.6. The average molecular weight is 342 g/mol. The number of nitrogens with zero attached hydrogens (tertiary/aromatic N) is 3. The van der Waals surface area contributed by atoms with Gasteiger partial charge >= 0.3 is 0 Å². The number of aromatic amines is 1. The lowest BCUT2D eigenvalue weighted by Gasteiger charge is -2.28. The van der Waals surface area contributed by atoms with Crippen molar-refractivity contribution < 1.29 is 0 Å². The quantitative estimate of drug-likeness (QED) is 0.794. The monoisotopic (exact) mass is 342 g/mol. The first-order chi connectivity index (χ1) is 12.7. The van der Waals surface area contributed by atoms with Crippen molar-refractivity contribution in [3.8, 4) is 17.5 Å². The van der Waals surface area contributed by atoms with Crippen molar-refractivity contribution in [3.63, 3.8) is 0 Å². The van der Waals surface area contributed by atoms with Crippen LogP contribution in [0, 0.1) is 11.3 Å². The number of hydrogen-bond acceptors (Lipinski definition) is 4. The summed E-state index contributed by atoms with van der Waals surface area (Å²) >= 11 is 0. The van der Waals surface area contributed by atoms with E-state index in [1.807, 2.05) is 54.6 Å². The molecule has 1 aliphatic heterocycles. The van der Waals surface area contributed by atoms with Gasteiger partial charge in [0.1, 0.15) is 5.82 Å². The zero-order chi connectivity index (χ0) is 17.9. The molecule has 4 rings (SSSR count). The Morgan fingerprint density at radius 2 is 1.88 bits per heavy atom. The Bertz CT molecular complexity index is 1030. The van der Waals surface area contributed by atoms with Gasteiger partial charge in [0.25, 0.3) is 5.56 Å². The summed E-state index contributed by atoms with van der Waals surface area (Å²) < 4.78 is 0. The van der Waals surface area contributed by atoms with Crippen molar-refractivity contribution >= 4 is 0 Å². The lowest BCUT2D eigenvalue weighted by Crippen LogP contribution is -2.35. The fourth-order valence-electron chi connectivity index (χ4n) is 3.37. The highest BCUT2D eigenvalue weighted by Crippen LogP contribution is 2.20. The van der Waals surface area contributed by atoms with Gasteiger partial charge in [0.2, 0.25) is 0 Å². The van der Waals surface area contributed by atoms with Crippen molar-refractivity contribution in [1.82, 2.24) is 14.9 Å². The topological polar surface area (TPSA) is 72.8 Å². The molecule has 26 heavy (non-hydrogen) atoms. The van der Waals surface area contributed by atoms with Crippen LogP contribution in [0.25, 0.3) is 11.4 Å². The first kappa shape index (κ1) is 16.2. The fraction of sp³-hybridized carbons (Fsp3) is 0.190. The van der Waals surface area contributed by atoms with E-state index in [2.05, 4.69) is 16.0 Å². The number of fused-ring (bicyclic) bond motifs is 1. The van der Waals surface area contributed by atoms with Crippen LogP contribution in [0.5, 0.6) is 0 Å². The van der Waals surface area contributed by atoms with Gasteiger partial charge in [0, 0.05) is 30.8 Å². The van der Waals surface area contributed by atoms with E-state index >= 15 is 0 Å². The van der Waals surface area contributed by atoms with E-state index in [0.717, 1.165) is 28.9 Å². The molecule has 3 aromatic rings. The predicted molar refractivity (Wildman–Crippen MR) is 99.3 cm³/mol. The van der Waals surface area contributed by atoms with Gasteiger partial charge in [-0.3, -0.25) is 9.69 Å². The number of nitrogens with one attached hydrogen (secondary N) is 1. The number of hydrogen-bond donors (Lipinski definition) is 1. The smallest absolute Gasteiger partial charge is 0.254 e. The molecule has 0 fully saturated rings. The summed E-state index contributed by atoms with van der Waals surface area (Å²) in [7, 11) is 0. The van der Waals surface area contributed by atoms with Crippen LogP contribution in [-0.4, -0.2) is 21.4 Å². The standard InChI is InChI=1S/C21H18N4O/c22-12-16-8-4-5-9-17(16)13-25-11-10-18-19(14-25)23-20(24-21(18)26)15-6-2-1-3-7-15/h1-9H,10-11,13-14H2,(H,23,24,26). The van der Waals surface area contributed by atoms with E-state index in [1.165, 1.54) is 0 Å². The normalized spacial score (nSPS) is 13.8. The van der Waals surface area contributed by atoms with Crippen LogP contribution in [0.4, 0.5) is 0 Å². The first-order valence-electron chi connectivity index (χ1n) is 8.62. The minimum absolute atomic E-state index is 0.0501. The third-order valence-corrected chi connectivity index (χ3v) is 4.73. The van der Waals surface area contributed by atoms with Crippen molar-refractivity contribution in [3.05, 3.63) is 87.3 Å². The van der Waals surface area contributed by atoms with Crippen molar-refractivity contribution in [2.24, 2.45) is 0 Å². The Balaban J connectivity index is 1.63. The van der Waals surface area contributed by atoms with Crippen LogP contribution in [0.2, 0.25) is 0 Å². The fourth-order valence-corrected chi connectivity index (χ4v) is 3.37. The van der Waals surface area contributed by atoms with Crippen LogP contribution in [0.1, 0.15) is 22.4 Å². The molecule has 5 heteroatoms. The maximum Gasteiger partial charge on any atom is 0.254 e. The molecule has 2 heterocycles. The van der Waals surface area contributed by atoms with Gasteiger partial charge in [-0.2, -0.15) is 5.26 Å². The largest absolute Gasteiger partial charge is 0.306 e. The van der Waals surface area contributed by atoms with Gasteiger partial charge in [0.15, 0.2) is 0 Å². The van der Waals surface area contributed by atoms with Gasteiger partial charge in [-0.1, -0.05) is 48.5 Å². The molecular weight excluding hydrogens is 324 g/mol. The second kappa shape index (κ2) is 6.95. The highest BCUT2D eigenvalue weighted by Gasteiger charge is 2.22. The summed E-state index contributed by atoms with van der Waals surface area (Å²) in [6.45, 7) is 2.07. The SMILES string of the molecule is N#Cc1ccccc1CN1CCc2c(nc(-c3ccccc3)[nH]c2=O)C1. The molecule has 0 radical (unpaired) electrons. The molecule has 128 valence electrons. The number of benzene rings is 2. The Morgan fingerprint density at radius 1 is 1.12 bits per heavy atom. The Kier molecular flexibility index (Phi) is 4.34. The highest BCUT2D eigenvalue weighted by molar-refractivity contribution is 5.54. The highest BCUT2D eigenvalue weighted by atomic mass is 16.1. The molecule has 5 nitrogen and oxygen atoms in total. The van der Waals surface area contributed by atoms with Crippen LogP contribution in [-0.2, 0) is 19.5 Å². The lowest BCUT2D eigenvalue weighted by molar-refractivity contribution is 0.240. The number of rotatable bonds is 3. The Labute approximate surface area is 151 Å². The number of aromatic nitrogens is 2. The molecular formula is C21H18N4O. The third-order valence-electron chi connectivity index (χ3n) is 4.73. The molecule has 0 bridgehead atoms. The number of nitriles is 1. The summed E-state index contributed by atoms with van der Waals surface area (Å²) in [5.41, 5.74) is 4.15. The third kappa shape index (κ3) is 3.15. The summed E-state index contributed by atoms with van der Waals surface area (Å²) in [5.74, 6) is 0.605. The molecule has 0 aliphatic carbocycles. The van der Waals surface area contributed by atoms with Gasteiger partial charge in [0.05, 0.1) is 17.3 Å². The molecule has 0 atom stereocenters. The molecule has 2 aromatic carbocycles. The van der Waals surface area contributed by atoms with E-state index in [1.54, 1.807) is 0 Å². The Hall–Kier alpha value is -3.23. The second-order valence-corrected chi connectivity index (χ2v) is 6.44. The van der Waals surface area contributed by atoms with Gasteiger partial charge in [-0.05, 0) is 18.1 Å². The molecule has 1 aliphatic rings. The first-order valence-corrected chi connectivity index (χ1v) is 8.62. The van der Waals surface area contributed by atoms with Crippen molar-refractivity contribution in [2.75, 3.05) is 6.54 Å². The van der Waals surface area contributed by atoms with Gasteiger partial charge in [-0.15, -0.1) is 0 Å². The molecule has 1 aromatic heterocycles. The molecule has 1 N–H and O–H groups in total. The van der Waals surface area contributed by atoms with Crippen LogP contribution in [0.15, 0.2) is 59.4 Å². The minimum atomic E-state index is -0.0501. The lowest BCUT2D eigenvalue weighted by atomic mass is 10.0. The van der Waals surface area contributed by atoms with Crippen LogP contribution >= 0.6 is 0 Å². The Morgan fingerprint density at radius 3 is 2.69 bits per heavy atom.